The molecular formula is C18H26N6O2. The maximum absolute atomic E-state index is 9.62. The molecule has 140 valence electrons. The van der Waals surface area contributed by atoms with E-state index in [-0.39, 0.29) is 6.10 Å². The number of nitrogens with zero attached hydrogens (tertiary/aromatic N) is 4. The largest absolute Gasteiger partial charge is 0.393 e. The van der Waals surface area contributed by atoms with Crippen molar-refractivity contribution in [1.29, 1.82) is 0 Å². The Morgan fingerprint density at radius 3 is 2.88 bits per heavy atom. The van der Waals surface area contributed by atoms with Crippen molar-refractivity contribution in [3.05, 3.63) is 30.2 Å². The minimum Gasteiger partial charge on any atom is -0.393 e. The third-order valence-electron chi connectivity index (χ3n) is 4.34. The van der Waals surface area contributed by atoms with Gasteiger partial charge in [-0.3, -0.25) is 9.98 Å². The normalized spacial score (nSPS) is 20.8. The smallest absolute Gasteiger partial charge is 0.276 e. The van der Waals surface area contributed by atoms with E-state index in [4.69, 9.17) is 4.52 Å². The zero-order valence-corrected chi connectivity index (χ0v) is 15.1. The van der Waals surface area contributed by atoms with Crippen molar-refractivity contribution < 1.29 is 9.63 Å². The van der Waals surface area contributed by atoms with Gasteiger partial charge in [0.05, 0.1) is 6.10 Å². The van der Waals surface area contributed by atoms with Crippen LogP contribution in [0.4, 0.5) is 0 Å². The molecule has 0 radical (unpaired) electrons. The predicted molar refractivity (Wildman–Crippen MR) is 98.6 cm³/mol. The Morgan fingerprint density at radius 2 is 2.15 bits per heavy atom. The Labute approximate surface area is 153 Å². The molecule has 3 rings (SSSR count). The van der Waals surface area contributed by atoms with Crippen LogP contribution in [0.15, 0.2) is 33.9 Å². The summed E-state index contributed by atoms with van der Waals surface area (Å²) >= 11 is 0. The highest BCUT2D eigenvalue weighted by Gasteiger charge is 2.20. The Bertz CT molecular complexity index is 695. The highest BCUT2D eigenvalue weighted by Crippen LogP contribution is 2.18. The molecule has 26 heavy (non-hydrogen) atoms. The number of aliphatic hydroxyl groups excluding tert-OH is 1. The molecule has 0 aliphatic heterocycles. The molecule has 8 heteroatoms. The van der Waals surface area contributed by atoms with E-state index in [2.05, 4.69) is 30.8 Å². The van der Waals surface area contributed by atoms with E-state index in [9.17, 15) is 5.11 Å². The SMILES string of the molecule is CCNC(=NCCc1noc(-c2ccccn2)n1)NC1CCC(O)CC1. The van der Waals surface area contributed by atoms with Gasteiger partial charge in [-0.1, -0.05) is 11.2 Å². The van der Waals surface area contributed by atoms with Crippen molar-refractivity contribution >= 4 is 5.96 Å². The first-order chi connectivity index (χ1) is 12.7. The van der Waals surface area contributed by atoms with Gasteiger partial charge in [0, 0.05) is 31.7 Å². The summed E-state index contributed by atoms with van der Waals surface area (Å²) in [5.41, 5.74) is 0.671. The first kappa shape index (κ1) is 18.3. The van der Waals surface area contributed by atoms with Crippen LogP contribution in [-0.2, 0) is 6.42 Å². The van der Waals surface area contributed by atoms with Gasteiger partial charge in [0.15, 0.2) is 11.8 Å². The van der Waals surface area contributed by atoms with Crippen LogP contribution in [0, 0.1) is 0 Å². The number of hydrogen-bond donors (Lipinski definition) is 3. The maximum Gasteiger partial charge on any atom is 0.276 e. The van der Waals surface area contributed by atoms with Crippen LogP contribution in [0.5, 0.6) is 0 Å². The summed E-state index contributed by atoms with van der Waals surface area (Å²) in [7, 11) is 0. The van der Waals surface area contributed by atoms with Crippen molar-refractivity contribution in [1.82, 2.24) is 25.8 Å². The maximum atomic E-state index is 9.62. The van der Waals surface area contributed by atoms with Gasteiger partial charge in [-0.25, -0.2) is 0 Å². The lowest BCUT2D eigenvalue weighted by atomic mass is 9.93. The van der Waals surface area contributed by atoms with Crippen LogP contribution in [0.1, 0.15) is 38.4 Å². The zero-order chi connectivity index (χ0) is 18.2. The minimum atomic E-state index is -0.154. The van der Waals surface area contributed by atoms with Crippen molar-refractivity contribution in [3.8, 4) is 11.6 Å². The number of aromatic nitrogens is 3. The van der Waals surface area contributed by atoms with E-state index in [0.717, 1.165) is 38.2 Å². The van der Waals surface area contributed by atoms with Gasteiger partial charge in [0.1, 0.15) is 5.69 Å². The molecule has 1 aliphatic rings. The lowest BCUT2D eigenvalue weighted by Crippen LogP contribution is -2.45. The molecule has 0 spiro atoms. The number of guanidine groups is 1. The molecule has 0 saturated heterocycles. The van der Waals surface area contributed by atoms with Crippen molar-refractivity contribution in [3.63, 3.8) is 0 Å². The number of rotatable bonds is 6. The lowest BCUT2D eigenvalue weighted by Gasteiger charge is -2.27. The zero-order valence-electron chi connectivity index (χ0n) is 15.1. The number of aliphatic imine (C=N–C) groups is 1. The monoisotopic (exact) mass is 358 g/mol. The first-order valence-corrected chi connectivity index (χ1v) is 9.21. The minimum absolute atomic E-state index is 0.154. The number of hydrogen-bond acceptors (Lipinski definition) is 6. The molecule has 8 nitrogen and oxygen atoms in total. The average Bonchev–Trinajstić information content (AvgIpc) is 3.13. The molecule has 1 fully saturated rings. The van der Waals surface area contributed by atoms with E-state index < -0.39 is 0 Å². The molecule has 0 unspecified atom stereocenters. The van der Waals surface area contributed by atoms with Crippen molar-refractivity contribution in [2.75, 3.05) is 13.1 Å². The van der Waals surface area contributed by atoms with Gasteiger partial charge in [-0.05, 0) is 44.7 Å². The summed E-state index contributed by atoms with van der Waals surface area (Å²) < 4.78 is 5.26. The van der Waals surface area contributed by atoms with Crippen LogP contribution >= 0.6 is 0 Å². The molecule has 1 saturated carbocycles. The Balaban J connectivity index is 1.52. The molecule has 2 heterocycles. The van der Waals surface area contributed by atoms with Crippen LogP contribution in [0.2, 0.25) is 0 Å². The first-order valence-electron chi connectivity index (χ1n) is 9.21. The Hall–Kier alpha value is -2.48. The van der Waals surface area contributed by atoms with Gasteiger partial charge in [0.2, 0.25) is 0 Å². The fourth-order valence-electron chi connectivity index (χ4n) is 2.95. The van der Waals surface area contributed by atoms with E-state index in [1.165, 1.54) is 0 Å². The molecule has 1 aliphatic carbocycles. The van der Waals surface area contributed by atoms with Gasteiger partial charge >= 0.3 is 0 Å². The fourth-order valence-corrected chi connectivity index (χ4v) is 2.95. The molecule has 3 N–H and O–H groups in total. The Kier molecular flexibility index (Phi) is 6.54. The van der Waals surface area contributed by atoms with Crippen molar-refractivity contribution in [2.45, 2.75) is 51.2 Å². The van der Waals surface area contributed by atoms with Crippen LogP contribution in [0.3, 0.4) is 0 Å². The third-order valence-corrected chi connectivity index (χ3v) is 4.34. The number of nitrogens with one attached hydrogen (secondary N) is 2. The van der Waals surface area contributed by atoms with E-state index in [1.54, 1.807) is 6.20 Å². The molecule has 0 atom stereocenters. The summed E-state index contributed by atoms with van der Waals surface area (Å²) in [6.45, 7) is 3.40. The summed E-state index contributed by atoms with van der Waals surface area (Å²) in [4.78, 5) is 13.2. The molecule has 0 aromatic carbocycles. The second-order valence-corrected chi connectivity index (χ2v) is 6.39. The Morgan fingerprint density at radius 1 is 1.31 bits per heavy atom. The average molecular weight is 358 g/mol. The third kappa shape index (κ3) is 5.26. The van der Waals surface area contributed by atoms with E-state index in [1.807, 2.05) is 25.1 Å². The summed E-state index contributed by atoms with van der Waals surface area (Å²) in [5, 5.41) is 20.3. The van der Waals surface area contributed by atoms with Crippen LogP contribution in [-0.4, -0.2) is 51.4 Å². The molecule has 2 aromatic heterocycles. The molecule has 2 aromatic rings. The molecule has 0 bridgehead atoms. The van der Waals surface area contributed by atoms with Crippen LogP contribution in [0.25, 0.3) is 11.6 Å². The number of aliphatic hydroxyl groups is 1. The van der Waals surface area contributed by atoms with E-state index in [0.29, 0.717) is 36.4 Å². The fraction of sp³-hybridized carbons (Fsp3) is 0.556. The van der Waals surface area contributed by atoms with Gasteiger partial charge in [-0.2, -0.15) is 4.98 Å². The second kappa shape index (κ2) is 9.28. The van der Waals surface area contributed by atoms with Crippen LogP contribution < -0.4 is 10.6 Å². The van der Waals surface area contributed by atoms with Gasteiger partial charge in [0.25, 0.3) is 5.89 Å². The number of pyridine rings is 1. The quantitative estimate of drug-likeness (QED) is 0.531. The summed E-state index contributed by atoms with van der Waals surface area (Å²) in [6.07, 6.45) is 5.75. The van der Waals surface area contributed by atoms with Gasteiger partial charge < -0.3 is 20.3 Å². The topological polar surface area (TPSA) is 108 Å². The molecule has 0 amide bonds. The summed E-state index contributed by atoms with van der Waals surface area (Å²) in [6, 6.07) is 5.92. The highest BCUT2D eigenvalue weighted by molar-refractivity contribution is 5.80. The lowest BCUT2D eigenvalue weighted by molar-refractivity contribution is 0.120. The van der Waals surface area contributed by atoms with Crippen molar-refractivity contribution in [2.24, 2.45) is 4.99 Å². The summed E-state index contributed by atoms with van der Waals surface area (Å²) in [5.74, 6) is 1.84. The molecular weight excluding hydrogens is 332 g/mol. The van der Waals surface area contributed by atoms with Gasteiger partial charge in [-0.15, -0.1) is 0 Å². The highest BCUT2D eigenvalue weighted by atomic mass is 16.5. The predicted octanol–water partition coefficient (Wildman–Crippen LogP) is 1.53. The van der Waals surface area contributed by atoms with E-state index >= 15 is 0 Å². The standard InChI is InChI=1S/C18H26N6O2/c1-2-19-18(22-13-6-8-14(25)9-7-13)21-12-10-16-23-17(26-24-16)15-5-3-4-11-20-15/h3-5,11,13-14,25H,2,6-10,12H2,1H3,(H2,19,21,22). The second-order valence-electron chi connectivity index (χ2n) is 6.39.